The summed E-state index contributed by atoms with van der Waals surface area (Å²) < 4.78 is 21.5. The fourth-order valence-electron chi connectivity index (χ4n) is 2.35. The lowest BCUT2D eigenvalue weighted by Crippen LogP contribution is -2.32. The van der Waals surface area contributed by atoms with Crippen LogP contribution in [0.2, 0.25) is 0 Å². The maximum atomic E-state index is 11.9. The van der Waals surface area contributed by atoms with Crippen molar-refractivity contribution >= 4 is 5.91 Å². The number of carbonyl (C=O) groups excluding carboxylic acids is 1. The van der Waals surface area contributed by atoms with Crippen molar-refractivity contribution in [2.75, 3.05) is 26.4 Å². The van der Waals surface area contributed by atoms with E-state index >= 15 is 0 Å². The molecule has 0 bridgehead atoms. The van der Waals surface area contributed by atoms with Gasteiger partial charge in [0.2, 0.25) is 12.3 Å². The zero-order valence-corrected chi connectivity index (χ0v) is 15.5. The van der Waals surface area contributed by atoms with E-state index in [0.717, 1.165) is 17.1 Å². The van der Waals surface area contributed by atoms with Crippen LogP contribution in [0.4, 0.5) is 0 Å². The number of nitrogens with zero attached hydrogens (tertiary/aromatic N) is 2. The van der Waals surface area contributed by atoms with Crippen LogP contribution in [0.3, 0.4) is 0 Å². The summed E-state index contributed by atoms with van der Waals surface area (Å²) in [6.07, 6.45) is 1.27. The van der Waals surface area contributed by atoms with Gasteiger partial charge in [-0.3, -0.25) is 4.79 Å². The fourth-order valence-corrected chi connectivity index (χ4v) is 2.35. The first-order chi connectivity index (χ1) is 13.7. The molecule has 3 rings (SSSR count). The summed E-state index contributed by atoms with van der Waals surface area (Å²) in [5.41, 5.74) is 0.778. The molecule has 0 spiro atoms. The summed E-state index contributed by atoms with van der Waals surface area (Å²) in [4.78, 5) is 11.9. The third-order valence-electron chi connectivity index (χ3n) is 3.66. The van der Waals surface area contributed by atoms with Gasteiger partial charge in [-0.25, -0.2) is 0 Å². The molecule has 0 radical (unpaired) electrons. The van der Waals surface area contributed by atoms with Gasteiger partial charge >= 0.3 is 0 Å². The Morgan fingerprint density at radius 3 is 2.25 bits per heavy atom. The molecule has 0 atom stereocenters. The van der Waals surface area contributed by atoms with Crippen LogP contribution < -0.4 is 19.5 Å². The first-order valence-electron chi connectivity index (χ1n) is 8.86. The number of rotatable bonds is 10. The van der Waals surface area contributed by atoms with Crippen molar-refractivity contribution in [3.63, 3.8) is 0 Å². The third-order valence-corrected chi connectivity index (χ3v) is 3.66. The lowest BCUT2D eigenvalue weighted by molar-refractivity contribution is -0.123. The second kappa shape index (κ2) is 9.96. The fraction of sp³-hybridized carbons (Fsp3) is 0.250. The average Bonchev–Trinajstić information content (AvgIpc) is 3.26. The molecule has 1 aromatic heterocycles. The van der Waals surface area contributed by atoms with Crippen molar-refractivity contribution in [1.29, 1.82) is 0 Å². The molecular formula is C20H21N3O5. The Morgan fingerprint density at radius 1 is 0.964 bits per heavy atom. The Bertz CT molecular complexity index is 849. The predicted molar refractivity (Wildman–Crippen MR) is 101 cm³/mol. The quantitative estimate of drug-likeness (QED) is 0.538. The Morgan fingerprint density at radius 2 is 1.61 bits per heavy atom. The van der Waals surface area contributed by atoms with Crippen molar-refractivity contribution in [3.8, 4) is 28.7 Å². The Balaban J connectivity index is 1.33. The molecule has 0 fully saturated rings. The molecule has 146 valence electrons. The van der Waals surface area contributed by atoms with E-state index in [1.807, 2.05) is 31.2 Å². The van der Waals surface area contributed by atoms with E-state index in [4.69, 9.17) is 18.6 Å². The average molecular weight is 383 g/mol. The minimum Gasteiger partial charge on any atom is -0.494 e. The van der Waals surface area contributed by atoms with Gasteiger partial charge in [0.15, 0.2) is 6.61 Å². The Hall–Kier alpha value is -3.55. The highest BCUT2D eigenvalue weighted by molar-refractivity contribution is 5.77. The van der Waals surface area contributed by atoms with Crippen LogP contribution in [0.5, 0.6) is 17.2 Å². The monoisotopic (exact) mass is 383 g/mol. The molecule has 0 aliphatic carbocycles. The van der Waals surface area contributed by atoms with Crippen LogP contribution in [0.15, 0.2) is 59.3 Å². The zero-order valence-electron chi connectivity index (χ0n) is 15.5. The summed E-state index contributed by atoms with van der Waals surface area (Å²) in [5.74, 6) is 2.29. The first-order valence-corrected chi connectivity index (χ1v) is 8.86. The van der Waals surface area contributed by atoms with Gasteiger partial charge in [0.25, 0.3) is 5.91 Å². The Kier molecular flexibility index (Phi) is 6.84. The zero-order chi connectivity index (χ0) is 19.6. The maximum absolute atomic E-state index is 11.9. The maximum Gasteiger partial charge on any atom is 0.258 e. The van der Waals surface area contributed by atoms with Gasteiger partial charge in [0, 0.05) is 5.56 Å². The van der Waals surface area contributed by atoms with Crippen LogP contribution in [-0.2, 0) is 4.79 Å². The van der Waals surface area contributed by atoms with Gasteiger partial charge in [-0.2, -0.15) is 0 Å². The molecule has 1 heterocycles. The van der Waals surface area contributed by atoms with Gasteiger partial charge in [-0.1, -0.05) is 0 Å². The lowest BCUT2D eigenvalue weighted by Gasteiger charge is -2.10. The van der Waals surface area contributed by atoms with Crippen LogP contribution in [0.1, 0.15) is 6.92 Å². The van der Waals surface area contributed by atoms with E-state index < -0.39 is 0 Å². The molecule has 8 heteroatoms. The minimum atomic E-state index is -0.226. The van der Waals surface area contributed by atoms with E-state index in [-0.39, 0.29) is 12.5 Å². The molecule has 0 unspecified atom stereocenters. The van der Waals surface area contributed by atoms with Gasteiger partial charge in [-0.05, 0) is 55.5 Å². The van der Waals surface area contributed by atoms with Crippen molar-refractivity contribution in [3.05, 3.63) is 54.9 Å². The molecule has 0 aliphatic rings. The van der Waals surface area contributed by atoms with Gasteiger partial charge in [0.1, 0.15) is 23.9 Å². The highest BCUT2D eigenvalue weighted by Gasteiger charge is 2.05. The van der Waals surface area contributed by atoms with E-state index in [2.05, 4.69) is 15.5 Å². The van der Waals surface area contributed by atoms with Crippen LogP contribution in [-0.4, -0.2) is 42.5 Å². The third kappa shape index (κ3) is 5.73. The van der Waals surface area contributed by atoms with Crippen molar-refractivity contribution in [1.82, 2.24) is 15.5 Å². The summed E-state index contributed by atoms with van der Waals surface area (Å²) in [6.45, 7) is 3.21. The van der Waals surface area contributed by atoms with Crippen molar-refractivity contribution in [2.24, 2.45) is 0 Å². The standard InChI is InChI=1S/C20H21N3O5/c1-2-25-16-7-9-17(10-8-16)26-12-11-21-19(24)13-27-18-5-3-15(4-6-18)20-23-22-14-28-20/h3-10,14H,2,11-13H2,1H3,(H,21,24). The first kappa shape index (κ1) is 19.2. The SMILES string of the molecule is CCOc1ccc(OCCNC(=O)COc2ccc(-c3nnco3)cc2)cc1. The topological polar surface area (TPSA) is 95.7 Å². The number of ether oxygens (including phenoxy) is 3. The molecule has 0 saturated heterocycles. The lowest BCUT2D eigenvalue weighted by atomic mass is 10.2. The molecule has 1 amide bonds. The number of carbonyl (C=O) groups is 1. The summed E-state index contributed by atoms with van der Waals surface area (Å²) in [5, 5.41) is 10.2. The molecule has 1 N–H and O–H groups in total. The van der Waals surface area contributed by atoms with Crippen molar-refractivity contribution < 1.29 is 23.4 Å². The summed E-state index contributed by atoms with van der Waals surface area (Å²) in [6, 6.07) is 14.4. The molecule has 0 saturated carbocycles. The van der Waals surface area contributed by atoms with Crippen molar-refractivity contribution in [2.45, 2.75) is 6.92 Å². The number of amides is 1. The predicted octanol–water partition coefficient (Wildman–Crippen LogP) is 2.71. The molecule has 8 nitrogen and oxygen atoms in total. The van der Waals surface area contributed by atoms with E-state index in [1.165, 1.54) is 6.39 Å². The van der Waals surface area contributed by atoms with Crippen LogP contribution in [0.25, 0.3) is 11.5 Å². The Labute approximate surface area is 162 Å². The highest BCUT2D eigenvalue weighted by atomic mass is 16.5. The molecule has 2 aromatic carbocycles. The number of hydrogen-bond acceptors (Lipinski definition) is 7. The van der Waals surface area contributed by atoms with Gasteiger partial charge in [-0.15, -0.1) is 10.2 Å². The minimum absolute atomic E-state index is 0.0804. The molecule has 0 aliphatic heterocycles. The summed E-state index contributed by atoms with van der Waals surface area (Å²) in [7, 11) is 0. The normalized spacial score (nSPS) is 10.3. The van der Waals surface area contributed by atoms with E-state index in [0.29, 0.717) is 31.4 Å². The smallest absolute Gasteiger partial charge is 0.258 e. The van der Waals surface area contributed by atoms with Crippen LogP contribution >= 0.6 is 0 Å². The number of aromatic nitrogens is 2. The van der Waals surface area contributed by atoms with Gasteiger partial charge in [0.05, 0.1) is 13.2 Å². The molecule has 28 heavy (non-hydrogen) atoms. The second-order valence-corrected chi connectivity index (χ2v) is 5.66. The highest BCUT2D eigenvalue weighted by Crippen LogP contribution is 2.20. The number of benzene rings is 2. The summed E-state index contributed by atoms with van der Waals surface area (Å²) >= 11 is 0. The number of hydrogen-bond donors (Lipinski definition) is 1. The molecule has 3 aromatic rings. The molecular weight excluding hydrogens is 362 g/mol. The van der Waals surface area contributed by atoms with E-state index in [1.54, 1.807) is 24.3 Å². The van der Waals surface area contributed by atoms with E-state index in [9.17, 15) is 4.79 Å². The van der Waals surface area contributed by atoms with Gasteiger partial charge < -0.3 is 23.9 Å². The number of nitrogens with one attached hydrogen (secondary N) is 1. The van der Waals surface area contributed by atoms with Crippen LogP contribution in [0, 0.1) is 0 Å². The second-order valence-electron chi connectivity index (χ2n) is 5.66. The largest absolute Gasteiger partial charge is 0.494 e.